The summed E-state index contributed by atoms with van der Waals surface area (Å²) in [5, 5.41) is 10.1. The third-order valence-corrected chi connectivity index (χ3v) is 7.60. The molecule has 0 spiro atoms. The Morgan fingerprint density at radius 2 is 1.80 bits per heavy atom. The maximum atomic E-state index is 13.6. The van der Waals surface area contributed by atoms with Crippen LogP contribution in [-0.2, 0) is 4.79 Å². The van der Waals surface area contributed by atoms with Crippen LogP contribution in [0, 0.1) is 13.8 Å². The van der Waals surface area contributed by atoms with E-state index in [0.29, 0.717) is 4.91 Å². The van der Waals surface area contributed by atoms with Crippen LogP contribution in [0.4, 0.5) is 5.69 Å². The number of aromatic carboxylic acids is 1. The fourth-order valence-corrected chi connectivity index (χ4v) is 5.96. The number of amidine groups is 1. The molecule has 1 amide bonds. The highest BCUT2D eigenvalue weighted by Crippen LogP contribution is 2.39. The Bertz CT molecular complexity index is 1350. The molecule has 1 N–H and O–H groups in total. The Labute approximate surface area is 209 Å². The molecule has 0 atom stereocenters. The van der Waals surface area contributed by atoms with Gasteiger partial charge in [-0.05, 0) is 86.5 Å². The number of aromatic nitrogens is 1. The highest BCUT2D eigenvalue weighted by atomic mass is 32.2. The first-order valence-electron chi connectivity index (χ1n) is 11.8. The van der Waals surface area contributed by atoms with Gasteiger partial charge in [0.15, 0.2) is 5.17 Å². The van der Waals surface area contributed by atoms with Crippen molar-refractivity contribution >= 4 is 40.6 Å². The minimum Gasteiger partial charge on any atom is -0.478 e. The van der Waals surface area contributed by atoms with Gasteiger partial charge in [0.05, 0.1) is 16.2 Å². The van der Waals surface area contributed by atoms with Crippen LogP contribution in [0.15, 0.2) is 70.6 Å². The molecule has 2 fully saturated rings. The summed E-state index contributed by atoms with van der Waals surface area (Å²) in [7, 11) is 0. The fraction of sp³-hybridized carbons (Fsp3) is 0.250. The SMILES string of the molecule is Cc1cc(/C=C2\SC(=Nc3ccccc3)N(C3CCCC3)C2=O)c(C)n1-c1cccc(C(=O)O)c1. The Morgan fingerprint density at radius 3 is 2.51 bits per heavy atom. The summed E-state index contributed by atoms with van der Waals surface area (Å²) in [6, 6.07) is 18.9. The number of carboxylic acid groups (broad SMARTS) is 1. The van der Waals surface area contributed by atoms with Crippen LogP contribution in [0.1, 0.15) is 53.0 Å². The number of para-hydroxylation sites is 1. The summed E-state index contributed by atoms with van der Waals surface area (Å²) in [5.41, 5.74) is 4.72. The topological polar surface area (TPSA) is 74.9 Å². The summed E-state index contributed by atoms with van der Waals surface area (Å²) in [5.74, 6) is -0.948. The number of hydrogen-bond donors (Lipinski definition) is 1. The molecule has 2 heterocycles. The molecule has 35 heavy (non-hydrogen) atoms. The van der Waals surface area contributed by atoms with E-state index in [2.05, 4.69) is 0 Å². The lowest BCUT2D eigenvalue weighted by Gasteiger charge is -2.22. The van der Waals surface area contributed by atoms with E-state index in [-0.39, 0.29) is 17.5 Å². The van der Waals surface area contributed by atoms with Crippen LogP contribution in [0.2, 0.25) is 0 Å². The van der Waals surface area contributed by atoms with Gasteiger partial charge in [0, 0.05) is 23.1 Å². The van der Waals surface area contributed by atoms with Crippen molar-refractivity contribution in [1.29, 1.82) is 0 Å². The standard InChI is InChI=1S/C28H27N3O3S/c1-18-15-21(19(2)30(18)24-14-8-9-20(16-24)27(33)34)17-25-26(32)31(23-12-6-7-13-23)28(35-25)29-22-10-4-3-5-11-22/h3-5,8-11,14-17,23H,6-7,12-13H2,1-2H3,(H,33,34)/b25-17-,29-28?. The molecule has 0 radical (unpaired) electrons. The molecule has 7 heteroatoms. The number of hydrogen-bond acceptors (Lipinski definition) is 4. The van der Waals surface area contributed by atoms with Gasteiger partial charge in [-0.1, -0.05) is 37.1 Å². The molecule has 1 saturated heterocycles. The zero-order valence-electron chi connectivity index (χ0n) is 19.8. The monoisotopic (exact) mass is 485 g/mol. The van der Waals surface area contributed by atoms with Crippen molar-refractivity contribution < 1.29 is 14.7 Å². The lowest BCUT2D eigenvalue weighted by atomic mass is 10.2. The lowest BCUT2D eigenvalue weighted by Crippen LogP contribution is -2.37. The Morgan fingerprint density at radius 1 is 1.06 bits per heavy atom. The van der Waals surface area contributed by atoms with Crippen molar-refractivity contribution in [3.8, 4) is 5.69 Å². The molecule has 178 valence electrons. The molecule has 3 aromatic rings. The van der Waals surface area contributed by atoms with Gasteiger partial charge in [-0.2, -0.15) is 0 Å². The first kappa shape index (κ1) is 23.2. The van der Waals surface area contributed by atoms with Gasteiger partial charge in [0.25, 0.3) is 5.91 Å². The summed E-state index contributed by atoms with van der Waals surface area (Å²) < 4.78 is 2.02. The molecule has 1 aliphatic carbocycles. The number of thioether (sulfide) groups is 1. The van der Waals surface area contributed by atoms with Crippen molar-refractivity contribution in [2.75, 3.05) is 0 Å². The lowest BCUT2D eigenvalue weighted by molar-refractivity contribution is -0.123. The number of carbonyl (C=O) groups is 2. The van der Waals surface area contributed by atoms with E-state index in [9.17, 15) is 14.7 Å². The minimum atomic E-state index is -0.957. The Balaban J connectivity index is 1.52. The molecule has 5 rings (SSSR count). The second kappa shape index (κ2) is 9.58. The zero-order valence-corrected chi connectivity index (χ0v) is 20.6. The van der Waals surface area contributed by atoms with Gasteiger partial charge < -0.3 is 9.67 Å². The molecule has 1 aliphatic heterocycles. The molecule has 6 nitrogen and oxygen atoms in total. The van der Waals surface area contributed by atoms with E-state index in [4.69, 9.17) is 4.99 Å². The number of amides is 1. The van der Waals surface area contributed by atoms with E-state index < -0.39 is 5.97 Å². The van der Waals surface area contributed by atoms with Gasteiger partial charge in [-0.15, -0.1) is 0 Å². The smallest absolute Gasteiger partial charge is 0.335 e. The van der Waals surface area contributed by atoms with E-state index in [0.717, 1.165) is 59.2 Å². The first-order chi connectivity index (χ1) is 16.9. The molecule has 1 aromatic heterocycles. The number of carbonyl (C=O) groups excluding carboxylic acids is 1. The normalized spacial score (nSPS) is 18.8. The Kier molecular flexibility index (Phi) is 6.34. The number of aryl methyl sites for hydroxylation is 1. The average Bonchev–Trinajstić information content (AvgIpc) is 3.54. The van der Waals surface area contributed by atoms with Crippen molar-refractivity contribution in [2.24, 2.45) is 4.99 Å². The van der Waals surface area contributed by atoms with Gasteiger partial charge in [-0.3, -0.25) is 9.69 Å². The molecule has 1 saturated carbocycles. The van der Waals surface area contributed by atoms with Gasteiger partial charge in [-0.25, -0.2) is 9.79 Å². The minimum absolute atomic E-state index is 0.00857. The summed E-state index contributed by atoms with van der Waals surface area (Å²) >= 11 is 1.43. The number of carboxylic acids is 1. The summed E-state index contributed by atoms with van der Waals surface area (Å²) in [6.07, 6.45) is 6.21. The van der Waals surface area contributed by atoms with E-state index in [1.807, 2.05) is 71.9 Å². The van der Waals surface area contributed by atoms with Gasteiger partial charge >= 0.3 is 5.97 Å². The van der Waals surface area contributed by atoms with Crippen molar-refractivity contribution in [2.45, 2.75) is 45.6 Å². The predicted octanol–water partition coefficient (Wildman–Crippen LogP) is 6.34. The second-order valence-electron chi connectivity index (χ2n) is 8.97. The van der Waals surface area contributed by atoms with Crippen LogP contribution in [0.25, 0.3) is 11.8 Å². The second-order valence-corrected chi connectivity index (χ2v) is 9.98. The third kappa shape index (κ3) is 4.56. The molecular weight excluding hydrogens is 458 g/mol. The maximum Gasteiger partial charge on any atom is 0.335 e. The van der Waals surface area contributed by atoms with Gasteiger partial charge in [0.1, 0.15) is 0 Å². The van der Waals surface area contributed by atoms with Crippen molar-refractivity contribution in [1.82, 2.24) is 9.47 Å². The number of nitrogens with zero attached hydrogens (tertiary/aromatic N) is 3. The highest BCUT2D eigenvalue weighted by molar-refractivity contribution is 8.18. The Hall–Kier alpha value is -3.58. The zero-order chi connectivity index (χ0) is 24.5. The van der Waals surface area contributed by atoms with Gasteiger partial charge in [0.2, 0.25) is 0 Å². The number of aliphatic imine (C=N–C) groups is 1. The number of benzene rings is 2. The van der Waals surface area contributed by atoms with Crippen LogP contribution in [0.3, 0.4) is 0 Å². The first-order valence-corrected chi connectivity index (χ1v) is 12.6. The summed E-state index contributed by atoms with van der Waals surface area (Å²) in [6.45, 7) is 3.98. The van der Waals surface area contributed by atoms with Crippen molar-refractivity contribution in [3.05, 3.63) is 88.1 Å². The largest absolute Gasteiger partial charge is 0.478 e. The summed E-state index contributed by atoms with van der Waals surface area (Å²) in [4.78, 5) is 32.4. The molecule has 2 aliphatic rings. The molecular formula is C28H27N3O3S. The fourth-order valence-electron chi connectivity index (χ4n) is 4.91. The maximum absolute atomic E-state index is 13.6. The quantitative estimate of drug-likeness (QED) is 0.428. The van der Waals surface area contributed by atoms with Crippen LogP contribution < -0.4 is 0 Å². The predicted molar refractivity (Wildman–Crippen MR) is 140 cm³/mol. The van der Waals surface area contributed by atoms with E-state index in [1.165, 1.54) is 11.8 Å². The third-order valence-electron chi connectivity index (χ3n) is 6.62. The molecule has 0 bridgehead atoms. The molecule has 2 aromatic carbocycles. The van der Waals surface area contributed by atoms with Crippen LogP contribution in [0.5, 0.6) is 0 Å². The van der Waals surface area contributed by atoms with E-state index in [1.54, 1.807) is 18.2 Å². The van der Waals surface area contributed by atoms with Crippen molar-refractivity contribution in [3.63, 3.8) is 0 Å². The average molecular weight is 486 g/mol. The number of rotatable bonds is 5. The van der Waals surface area contributed by atoms with E-state index >= 15 is 0 Å². The van der Waals surface area contributed by atoms with Crippen LogP contribution in [-0.4, -0.2) is 37.7 Å². The van der Waals surface area contributed by atoms with Crippen LogP contribution >= 0.6 is 11.8 Å². The highest BCUT2D eigenvalue weighted by Gasteiger charge is 2.39. The molecule has 0 unspecified atom stereocenters.